The monoisotopic (exact) mass is 379 g/mol. The van der Waals surface area contributed by atoms with E-state index in [1.807, 2.05) is 17.9 Å². The van der Waals surface area contributed by atoms with Gasteiger partial charge < -0.3 is 9.47 Å². The number of nitrogens with one attached hydrogen (secondary N) is 1. The molecule has 3 aromatic heterocycles. The Labute approximate surface area is 162 Å². The van der Waals surface area contributed by atoms with Crippen molar-refractivity contribution >= 4 is 22.6 Å². The number of piperidine rings is 1. The van der Waals surface area contributed by atoms with Crippen LogP contribution in [0.3, 0.4) is 0 Å². The first-order chi connectivity index (χ1) is 13.4. The molecular formula is C21H25N5O2. The van der Waals surface area contributed by atoms with Gasteiger partial charge in [-0.25, -0.2) is 4.98 Å². The number of hydrogen-bond acceptors (Lipinski definition) is 4. The predicted molar refractivity (Wildman–Crippen MR) is 107 cm³/mol. The second kappa shape index (κ2) is 6.89. The summed E-state index contributed by atoms with van der Waals surface area (Å²) in [5.74, 6) is 0.679. The first-order valence-corrected chi connectivity index (χ1v) is 9.79. The number of aromatic nitrogens is 3. The first-order valence-electron chi connectivity index (χ1n) is 9.79. The maximum Gasteiger partial charge on any atom is 0.267 e. The van der Waals surface area contributed by atoms with E-state index in [1.165, 1.54) is 4.40 Å². The van der Waals surface area contributed by atoms with Crippen molar-refractivity contribution in [3.63, 3.8) is 0 Å². The van der Waals surface area contributed by atoms with Gasteiger partial charge in [0.15, 0.2) is 0 Å². The normalized spacial score (nSPS) is 20.0. The van der Waals surface area contributed by atoms with Crippen molar-refractivity contribution in [2.45, 2.75) is 33.7 Å². The van der Waals surface area contributed by atoms with Gasteiger partial charge in [-0.3, -0.25) is 19.4 Å². The Hall–Kier alpha value is -2.96. The van der Waals surface area contributed by atoms with Crippen molar-refractivity contribution in [2.24, 2.45) is 11.8 Å². The van der Waals surface area contributed by atoms with Crippen LogP contribution in [-0.4, -0.2) is 37.8 Å². The number of pyridine rings is 2. The summed E-state index contributed by atoms with van der Waals surface area (Å²) >= 11 is 0. The van der Waals surface area contributed by atoms with Crippen molar-refractivity contribution < 1.29 is 4.79 Å². The molecule has 0 spiro atoms. The zero-order valence-corrected chi connectivity index (χ0v) is 16.5. The summed E-state index contributed by atoms with van der Waals surface area (Å²) in [5.41, 5.74) is 1.13. The lowest BCUT2D eigenvalue weighted by Gasteiger charge is -2.35. The Morgan fingerprint density at radius 2 is 1.96 bits per heavy atom. The Bertz CT molecular complexity index is 1180. The number of amides is 1. The van der Waals surface area contributed by atoms with Crippen LogP contribution in [0, 0.1) is 17.2 Å². The molecule has 3 aromatic rings. The van der Waals surface area contributed by atoms with Crippen molar-refractivity contribution in [2.75, 3.05) is 13.1 Å². The van der Waals surface area contributed by atoms with Crippen LogP contribution in [0.5, 0.6) is 0 Å². The largest absolute Gasteiger partial charge is 0.338 e. The number of aryl methyl sites for hydroxylation is 1. The van der Waals surface area contributed by atoms with Gasteiger partial charge in [-0.05, 0) is 43.4 Å². The van der Waals surface area contributed by atoms with Crippen LogP contribution in [0.4, 0.5) is 0 Å². The third-order valence-corrected chi connectivity index (χ3v) is 5.52. The van der Waals surface area contributed by atoms with Gasteiger partial charge in [0.1, 0.15) is 16.8 Å². The number of nitrogens with zero attached hydrogens (tertiary/aromatic N) is 4. The van der Waals surface area contributed by atoms with Crippen LogP contribution in [0.2, 0.25) is 0 Å². The van der Waals surface area contributed by atoms with E-state index >= 15 is 0 Å². The predicted octanol–water partition coefficient (Wildman–Crippen LogP) is 2.27. The van der Waals surface area contributed by atoms with Crippen LogP contribution in [0.25, 0.3) is 16.7 Å². The standard InChI is InChI=1S/C21H25N5O2/c1-4-25-18(22)15(20(27)24-11-13(2)9-14(3)12-24)10-16-19(25)23-17-7-5-6-8-26(17)21(16)28/h5-8,10,13-14,22H,4,9,11-12H2,1-3H3. The smallest absolute Gasteiger partial charge is 0.267 e. The van der Waals surface area contributed by atoms with Crippen LogP contribution in [-0.2, 0) is 6.54 Å². The van der Waals surface area contributed by atoms with Crippen molar-refractivity contribution in [3.8, 4) is 0 Å². The second-order valence-corrected chi connectivity index (χ2v) is 7.89. The fourth-order valence-electron chi connectivity index (χ4n) is 4.36. The van der Waals surface area contributed by atoms with Crippen LogP contribution < -0.4 is 11.0 Å². The molecule has 1 fully saturated rings. The Morgan fingerprint density at radius 1 is 1.25 bits per heavy atom. The summed E-state index contributed by atoms with van der Waals surface area (Å²) in [6, 6.07) is 6.92. The summed E-state index contributed by atoms with van der Waals surface area (Å²) in [5, 5.41) is 8.99. The first kappa shape index (κ1) is 18.4. The summed E-state index contributed by atoms with van der Waals surface area (Å²) < 4.78 is 3.12. The molecule has 0 radical (unpaired) electrons. The highest BCUT2D eigenvalue weighted by Gasteiger charge is 2.28. The molecule has 0 bridgehead atoms. The van der Waals surface area contributed by atoms with Gasteiger partial charge in [0.05, 0.1) is 10.9 Å². The molecular weight excluding hydrogens is 354 g/mol. The van der Waals surface area contributed by atoms with E-state index in [4.69, 9.17) is 5.41 Å². The highest BCUT2D eigenvalue weighted by atomic mass is 16.2. The number of rotatable bonds is 2. The molecule has 0 aromatic carbocycles. The van der Waals surface area contributed by atoms with E-state index in [0.717, 1.165) is 6.42 Å². The molecule has 7 heteroatoms. The molecule has 1 amide bonds. The Kier molecular flexibility index (Phi) is 4.53. The van der Waals surface area contributed by atoms with E-state index in [9.17, 15) is 9.59 Å². The average Bonchev–Trinajstić information content (AvgIpc) is 2.67. The highest BCUT2D eigenvalue weighted by Crippen LogP contribution is 2.22. The topological polar surface area (TPSA) is 83.5 Å². The molecule has 4 heterocycles. The minimum absolute atomic E-state index is 0.109. The van der Waals surface area contributed by atoms with Gasteiger partial charge in [0.25, 0.3) is 11.5 Å². The fraction of sp³-hybridized carbons (Fsp3) is 0.429. The van der Waals surface area contributed by atoms with E-state index in [1.54, 1.807) is 29.0 Å². The molecule has 0 saturated carbocycles. The molecule has 1 aliphatic heterocycles. The second-order valence-electron chi connectivity index (χ2n) is 7.89. The molecule has 0 aliphatic carbocycles. The average molecular weight is 379 g/mol. The van der Waals surface area contributed by atoms with Gasteiger partial charge in [0, 0.05) is 25.8 Å². The lowest BCUT2D eigenvalue weighted by molar-refractivity contribution is 0.0620. The molecule has 1 N–H and O–H groups in total. The molecule has 2 atom stereocenters. The third-order valence-electron chi connectivity index (χ3n) is 5.52. The fourth-order valence-corrected chi connectivity index (χ4v) is 4.36. The van der Waals surface area contributed by atoms with Gasteiger partial charge in [-0.1, -0.05) is 19.9 Å². The molecule has 1 aliphatic rings. The maximum absolute atomic E-state index is 13.3. The quantitative estimate of drug-likeness (QED) is 0.693. The maximum atomic E-state index is 13.3. The minimum atomic E-state index is -0.225. The van der Waals surface area contributed by atoms with E-state index in [-0.39, 0.29) is 22.5 Å². The molecule has 2 unspecified atom stereocenters. The van der Waals surface area contributed by atoms with Crippen molar-refractivity contribution in [1.82, 2.24) is 18.9 Å². The molecule has 28 heavy (non-hydrogen) atoms. The van der Waals surface area contributed by atoms with Crippen molar-refractivity contribution in [1.29, 1.82) is 5.41 Å². The SMILES string of the molecule is CCn1c(=N)c(C(=O)N2CC(C)CC(C)C2)cc2c(=O)n3ccccc3nc21. The zero-order chi connectivity index (χ0) is 20.0. The summed E-state index contributed by atoms with van der Waals surface area (Å²) in [7, 11) is 0. The minimum Gasteiger partial charge on any atom is -0.338 e. The van der Waals surface area contributed by atoms with E-state index in [0.29, 0.717) is 48.2 Å². The van der Waals surface area contributed by atoms with Crippen LogP contribution in [0.15, 0.2) is 35.3 Å². The van der Waals surface area contributed by atoms with Gasteiger partial charge >= 0.3 is 0 Å². The molecule has 1 saturated heterocycles. The molecule has 7 nitrogen and oxygen atoms in total. The molecule has 146 valence electrons. The van der Waals surface area contributed by atoms with Gasteiger partial charge in [-0.2, -0.15) is 0 Å². The lowest BCUT2D eigenvalue weighted by Crippen LogP contribution is -2.45. The summed E-state index contributed by atoms with van der Waals surface area (Å²) in [4.78, 5) is 32.7. The van der Waals surface area contributed by atoms with E-state index < -0.39 is 0 Å². The Balaban J connectivity index is 1.94. The number of carbonyl (C=O) groups excluding carboxylic acids is 1. The highest BCUT2D eigenvalue weighted by molar-refractivity contribution is 5.97. The van der Waals surface area contributed by atoms with Gasteiger partial charge in [0.2, 0.25) is 0 Å². The summed E-state index contributed by atoms with van der Waals surface area (Å²) in [6.07, 6.45) is 2.77. The van der Waals surface area contributed by atoms with Gasteiger partial charge in [-0.15, -0.1) is 0 Å². The number of likely N-dealkylation sites (tertiary alicyclic amines) is 1. The van der Waals surface area contributed by atoms with Crippen LogP contribution >= 0.6 is 0 Å². The molecule has 4 rings (SSSR count). The summed E-state index contributed by atoms with van der Waals surface area (Å²) in [6.45, 7) is 8.01. The van der Waals surface area contributed by atoms with Crippen molar-refractivity contribution in [3.05, 3.63) is 51.9 Å². The van der Waals surface area contributed by atoms with Crippen LogP contribution in [0.1, 0.15) is 37.6 Å². The number of hydrogen-bond donors (Lipinski definition) is 1. The lowest BCUT2D eigenvalue weighted by atomic mass is 9.91. The third kappa shape index (κ3) is 2.91. The number of fused-ring (bicyclic) bond motifs is 2. The number of carbonyl (C=O) groups is 1. The Morgan fingerprint density at radius 3 is 2.64 bits per heavy atom. The van der Waals surface area contributed by atoms with E-state index in [2.05, 4.69) is 18.8 Å². The zero-order valence-electron chi connectivity index (χ0n) is 16.5.